The quantitative estimate of drug-likeness (QED) is 0.383. The Kier molecular flexibility index (Phi) is 6.20. The second kappa shape index (κ2) is 9.60. The Hall–Kier alpha value is -4.17. The minimum atomic E-state index is -0.526. The molecule has 0 bridgehead atoms. The lowest BCUT2D eigenvalue weighted by Gasteiger charge is -2.28. The van der Waals surface area contributed by atoms with E-state index in [2.05, 4.69) is 20.6 Å². The van der Waals surface area contributed by atoms with Crippen molar-refractivity contribution in [3.63, 3.8) is 0 Å². The molecule has 2 N–H and O–H groups in total. The topological polar surface area (TPSA) is 94.0 Å². The average molecular weight is 487 g/mol. The van der Waals surface area contributed by atoms with Crippen molar-refractivity contribution in [1.29, 1.82) is 0 Å². The molecule has 0 spiro atoms. The van der Waals surface area contributed by atoms with Crippen molar-refractivity contribution in [1.82, 2.24) is 19.7 Å². The van der Waals surface area contributed by atoms with E-state index in [0.717, 1.165) is 11.3 Å². The molecule has 1 atom stereocenters. The fourth-order valence-electron chi connectivity index (χ4n) is 4.06. The van der Waals surface area contributed by atoms with Crippen molar-refractivity contribution >= 4 is 29.1 Å². The molecule has 2 aromatic carbocycles. The molecule has 1 amide bonds. The highest BCUT2D eigenvalue weighted by molar-refractivity contribution is 6.33. The molecule has 0 saturated heterocycles. The third kappa shape index (κ3) is 4.48. The lowest BCUT2D eigenvalue weighted by Crippen LogP contribution is -2.31. The molecule has 176 valence electrons. The van der Waals surface area contributed by atoms with Crippen LogP contribution in [0.5, 0.6) is 5.75 Å². The summed E-state index contributed by atoms with van der Waals surface area (Å²) >= 11 is 6.42. The summed E-state index contributed by atoms with van der Waals surface area (Å²) in [4.78, 5) is 22.3. The number of carbonyl (C=O) groups is 1. The van der Waals surface area contributed by atoms with E-state index in [1.54, 1.807) is 35.3 Å². The highest BCUT2D eigenvalue weighted by Gasteiger charge is 2.34. The number of fused-ring (bicyclic) bond motifs is 1. The highest BCUT2D eigenvalue weighted by atomic mass is 35.5. The molecule has 3 heterocycles. The number of rotatable bonds is 6. The number of halogens is 1. The number of nitrogens with zero attached hydrogens (tertiary/aromatic N) is 4. The van der Waals surface area contributed by atoms with E-state index in [4.69, 9.17) is 21.4 Å². The Bertz CT molecular complexity index is 1400. The van der Waals surface area contributed by atoms with Gasteiger partial charge in [-0.05, 0) is 55.8 Å². The number of hydrogen-bond acceptors (Lipinski definition) is 6. The summed E-state index contributed by atoms with van der Waals surface area (Å²) < 4.78 is 7.33. The minimum Gasteiger partial charge on any atom is -0.494 e. The molecule has 35 heavy (non-hydrogen) atoms. The molecule has 1 unspecified atom stereocenters. The first-order valence-electron chi connectivity index (χ1n) is 11.2. The predicted octanol–water partition coefficient (Wildman–Crippen LogP) is 5.32. The molecule has 1 aliphatic heterocycles. The average Bonchev–Trinajstić information content (AvgIpc) is 3.28. The second-order valence-corrected chi connectivity index (χ2v) is 8.35. The van der Waals surface area contributed by atoms with Crippen LogP contribution in [0.3, 0.4) is 0 Å². The lowest BCUT2D eigenvalue weighted by atomic mass is 9.95. The van der Waals surface area contributed by atoms with Crippen molar-refractivity contribution in [2.24, 2.45) is 0 Å². The summed E-state index contributed by atoms with van der Waals surface area (Å²) in [5.41, 5.74) is 3.37. The van der Waals surface area contributed by atoms with Gasteiger partial charge in [0, 0.05) is 17.5 Å². The van der Waals surface area contributed by atoms with Gasteiger partial charge < -0.3 is 15.4 Å². The highest BCUT2D eigenvalue weighted by Crippen LogP contribution is 2.38. The fourth-order valence-corrected chi connectivity index (χ4v) is 4.28. The number of anilines is 2. The van der Waals surface area contributed by atoms with Crippen LogP contribution in [0, 0.1) is 0 Å². The monoisotopic (exact) mass is 486 g/mol. The summed E-state index contributed by atoms with van der Waals surface area (Å²) in [5, 5.41) is 11.5. The van der Waals surface area contributed by atoms with Gasteiger partial charge in [-0.25, -0.2) is 4.68 Å². The lowest BCUT2D eigenvalue weighted by molar-refractivity contribution is -0.113. The van der Waals surface area contributed by atoms with Crippen LogP contribution >= 0.6 is 11.6 Å². The smallest absolute Gasteiger partial charge is 0.255 e. The van der Waals surface area contributed by atoms with Crippen LogP contribution in [0.25, 0.3) is 11.4 Å². The molecule has 0 fully saturated rings. The number of nitrogens with one attached hydrogen (secondary N) is 2. The Labute approximate surface area is 207 Å². The van der Waals surface area contributed by atoms with Crippen LogP contribution in [0.4, 0.5) is 11.6 Å². The van der Waals surface area contributed by atoms with E-state index < -0.39 is 6.04 Å². The van der Waals surface area contributed by atoms with Gasteiger partial charge in [0.25, 0.3) is 5.91 Å². The maximum Gasteiger partial charge on any atom is 0.255 e. The van der Waals surface area contributed by atoms with Crippen LogP contribution in [0.2, 0.25) is 5.02 Å². The summed E-state index contributed by atoms with van der Waals surface area (Å²) in [6.45, 7) is 4.36. The van der Waals surface area contributed by atoms with E-state index in [1.807, 2.05) is 56.3 Å². The van der Waals surface area contributed by atoms with Crippen molar-refractivity contribution < 1.29 is 9.53 Å². The normalized spacial score (nSPS) is 14.8. The van der Waals surface area contributed by atoms with E-state index in [9.17, 15) is 4.79 Å². The number of hydrogen-bond donors (Lipinski definition) is 2. The maximum absolute atomic E-state index is 13.5. The predicted molar refractivity (Wildman–Crippen MR) is 135 cm³/mol. The third-order valence-corrected chi connectivity index (χ3v) is 5.97. The number of benzene rings is 2. The summed E-state index contributed by atoms with van der Waals surface area (Å²) in [6.07, 6.45) is 3.26. The van der Waals surface area contributed by atoms with Crippen LogP contribution in [-0.2, 0) is 4.79 Å². The van der Waals surface area contributed by atoms with Gasteiger partial charge in [-0.2, -0.15) is 4.98 Å². The molecule has 0 radical (unpaired) electrons. The SMILES string of the molecule is CCOc1ccc(C2C(C(=O)Nc3cccnc3)=C(C)Nc3nc(-c4ccccc4Cl)nn32)cc1. The first-order valence-corrected chi connectivity index (χ1v) is 11.6. The molecule has 8 nitrogen and oxygen atoms in total. The van der Waals surface area contributed by atoms with E-state index in [0.29, 0.717) is 45.9 Å². The number of allylic oxidation sites excluding steroid dienone is 1. The van der Waals surface area contributed by atoms with Gasteiger partial charge in [0.15, 0.2) is 5.82 Å². The number of amides is 1. The fraction of sp³-hybridized carbons (Fsp3) is 0.154. The first-order chi connectivity index (χ1) is 17.0. The molecular formula is C26H23ClN6O2. The Morgan fingerprint density at radius 1 is 1.14 bits per heavy atom. The van der Waals surface area contributed by atoms with Crippen LogP contribution in [0.15, 0.2) is 84.3 Å². The van der Waals surface area contributed by atoms with Gasteiger partial charge in [0.1, 0.15) is 11.8 Å². The first kappa shape index (κ1) is 22.6. The number of ether oxygens (including phenoxy) is 1. The van der Waals surface area contributed by atoms with Gasteiger partial charge in [-0.1, -0.05) is 35.9 Å². The number of pyridine rings is 1. The zero-order chi connectivity index (χ0) is 24.4. The zero-order valence-electron chi connectivity index (χ0n) is 19.2. The molecule has 5 rings (SSSR count). The van der Waals surface area contributed by atoms with E-state index in [-0.39, 0.29) is 5.91 Å². The summed E-state index contributed by atoms with van der Waals surface area (Å²) in [7, 11) is 0. The van der Waals surface area contributed by atoms with Crippen LogP contribution < -0.4 is 15.4 Å². The standard InChI is InChI=1S/C26H23ClN6O2/c1-3-35-19-12-10-17(11-13-19)23-22(25(34)30-18-7-6-14-28-15-18)16(2)29-26-31-24(32-33(23)26)20-8-4-5-9-21(20)27/h4-15,23H,3H2,1-2H3,(H,30,34)(H,29,31,32). The Morgan fingerprint density at radius 3 is 2.66 bits per heavy atom. The van der Waals surface area contributed by atoms with Gasteiger partial charge in [-0.15, -0.1) is 5.10 Å². The largest absolute Gasteiger partial charge is 0.494 e. The minimum absolute atomic E-state index is 0.262. The number of carbonyl (C=O) groups excluding carboxylic acids is 1. The van der Waals surface area contributed by atoms with Crippen molar-refractivity contribution in [2.75, 3.05) is 17.2 Å². The molecule has 2 aromatic heterocycles. The third-order valence-electron chi connectivity index (χ3n) is 5.64. The molecule has 0 saturated carbocycles. The second-order valence-electron chi connectivity index (χ2n) is 7.95. The van der Waals surface area contributed by atoms with Crippen molar-refractivity contribution in [2.45, 2.75) is 19.9 Å². The van der Waals surface area contributed by atoms with Crippen molar-refractivity contribution in [3.8, 4) is 17.1 Å². The van der Waals surface area contributed by atoms with Gasteiger partial charge in [-0.3, -0.25) is 9.78 Å². The van der Waals surface area contributed by atoms with E-state index in [1.165, 1.54) is 0 Å². The molecule has 9 heteroatoms. The molecule has 1 aliphatic rings. The molecule has 4 aromatic rings. The Balaban J connectivity index is 1.60. The van der Waals surface area contributed by atoms with Gasteiger partial charge in [0.05, 0.1) is 29.1 Å². The molecule has 0 aliphatic carbocycles. The van der Waals surface area contributed by atoms with Gasteiger partial charge >= 0.3 is 0 Å². The van der Waals surface area contributed by atoms with Gasteiger partial charge in [0.2, 0.25) is 5.95 Å². The van der Waals surface area contributed by atoms with Crippen LogP contribution in [-0.4, -0.2) is 32.3 Å². The van der Waals surface area contributed by atoms with E-state index >= 15 is 0 Å². The summed E-state index contributed by atoms with van der Waals surface area (Å²) in [5.74, 6) is 1.48. The van der Waals surface area contributed by atoms with Crippen LogP contribution in [0.1, 0.15) is 25.5 Å². The Morgan fingerprint density at radius 2 is 1.94 bits per heavy atom. The summed E-state index contributed by atoms with van der Waals surface area (Å²) in [6, 6.07) is 18.1. The van der Waals surface area contributed by atoms with Crippen molar-refractivity contribution in [3.05, 3.63) is 94.9 Å². The maximum atomic E-state index is 13.5. The number of aromatic nitrogens is 4. The molecular weight excluding hydrogens is 464 g/mol. The zero-order valence-corrected chi connectivity index (χ0v) is 20.0.